The van der Waals surface area contributed by atoms with Crippen LogP contribution in [-0.2, 0) is 0 Å². The molecular weight excluding hydrogens is 282 g/mol. The fraction of sp³-hybridized carbons (Fsp3) is 0. The number of para-hydroxylation sites is 2. The minimum absolute atomic E-state index is 0.626. The Morgan fingerprint density at radius 1 is 0.652 bits per heavy atom. The predicted octanol–water partition coefficient (Wildman–Crippen LogP) is 5.33. The Morgan fingerprint density at radius 2 is 1.30 bits per heavy atom. The van der Waals surface area contributed by atoms with Gasteiger partial charge in [0, 0.05) is 10.9 Å². The zero-order valence-corrected chi connectivity index (χ0v) is 12.5. The van der Waals surface area contributed by atoms with E-state index in [2.05, 4.69) is 24.3 Å². The first-order valence-corrected chi connectivity index (χ1v) is 7.58. The average molecular weight is 297 g/mol. The maximum atomic E-state index is 6.08. The quantitative estimate of drug-likeness (QED) is 0.491. The Morgan fingerprint density at radius 3 is 2.09 bits per heavy atom. The Labute approximate surface area is 134 Å². The van der Waals surface area contributed by atoms with Crippen LogP contribution in [-0.4, -0.2) is 0 Å². The number of nitrogens with zero attached hydrogens (tertiary/aromatic N) is 1. The van der Waals surface area contributed by atoms with E-state index in [0.717, 1.165) is 27.8 Å². The molecule has 110 valence electrons. The molecule has 23 heavy (non-hydrogen) atoms. The highest BCUT2D eigenvalue weighted by molar-refractivity contribution is 5.81. The Balaban J connectivity index is 2.03. The molecule has 1 aromatic heterocycles. The third kappa shape index (κ3) is 2.79. The molecule has 0 saturated heterocycles. The van der Waals surface area contributed by atoms with Crippen LogP contribution in [0.1, 0.15) is 0 Å². The number of fused-ring (bicyclic) bond motifs is 1. The van der Waals surface area contributed by atoms with Crippen molar-refractivity contribution in [3.05, 3.63) is 96.5 Å². The van der Waals surface area contributed by atoms with Gasteiger partial charge in [-0.1, -0.05) is 66.7 Å². The fourth-order valence-electron chi connectivity index (χ4n) is 2.60. The summed E-state index contributed by atoms with van der Waals surface area (Å²) in [5.41, 5.74) is 4.43. The van der Waals surface area contributed by atoms with Crippen molar-refractivity contribution in [2.75, 3.05) is 0 Å². The van der Waals surface area contributed by atoms with Gasteiger partial charge in [0.05, 0.1) is 5.69 Å². The van der Waals surface area contributed by atoms with Crippen LogP contribution in [0.15, 0.2) is 100 Å². The zero-order chi connectivity index (χ0) is 15.5. The number of hydrogen-bond acceptors (Lipinski definition) is 2. The van der Waals surface area contributed by atoms with Crippen molar-refractivity contribution in [3.63, 3.8) is 0 Å². The number of hydrogen-bond donors (Lipinski definition) is 0. The van der Waals surface area contributed by atoms with Gasteiger partial charge in [-0.25, -0.2) is 4.99 Å². The van der Waals surface area contributed by atoms with E-state index in [1.807, 2.05) is 66.7 Å². The maximum Gasteiger partial charge on any atom is 0.227 e. The molecule has 0 unspecified atom stereocenters. The van der Waals surface area contributed by atoms with Gasteiger partial charge in [-0.2, -0.15) is 0 Å². The second-order valence-electron chi connectivity index (χ2n) is 5.32. The Hall–Kier alpha value is -3.13. The first-order valence-electron chi connectivity index (χ1n) is 7.58. The number of benzene rings is 3. The van der Waals surface area contributed by atoms with E-state index in [0.29, 0.717) is 5.55 Å². The van der Waals surface area contributed by atoms with E-state index in [-0.39, 0.29) is 0 Å². The summed E-state index contributed by atoms with van der Waals surface area (Å²) in [4.78, 5) is 4.70. The Bertz CT molecular complexity index is 1000. The highest BCUT2D eigenvalue weighted by atomic mass is 16.3. The van der Waals surface area contributed by atoms with Crippen LogP contribution >= 0.6 is 0 Å². The van der Waals surface area contributed by atoms with E-state index >= 15 is 0 Å². The average Bonchev–Trinajstić information content (AvgIpc) is 2.63. The smallest absolute Gasteiger partial charge is 0.227 e. The molecular formula is C21H15NO. The van der Waals surface area contributed by atoms with Crippen LogP contribution in [0.3, 0.4) is 0 Å². The molecule has 0 aliphatic rings. The molecule has 3 aromatic carbocycles. The van der Waals surface area contributed by atoms with Crippen molar-refractivity contribution >= 4 is 16.7 Å². The van der Waals surface area contributed by atoms with Crippen LogP contribution in [0, 0.1) is 0 Å². The molecule has 1 heterocycles. The third-order valence-corrected chi connectivity index (χ3v) is 3.73. The predicted molar refractivity (Wildman–Crippen MR) is 93.3 cm³/mol. The highest BCUT2D eigenvalue weighted by Gasteiger charge is 2.06. The molecule has 0 amide bonds. The molecule has 0 atom stereocenters. The molecule has 0 fully saturated rings. The summed E-state index contributed by atoms with van der Waals surface area (Å²) >= 11 is 0. The highest BCUT2D eigenvalue weighted by Crippen LogP contribution is 2.21. The van der Waals surface area contributed by atoms with E-state index in [4.69, 9.17) is 9.41 Å². The molecule has 4 rings (SSSR count). The summed E-state index contributed by atoms with van der Waals surface area (Å²) in [6.45, 7) is 0. The van der Waals surface area contributed by atoms with E-state index in [1.165, 1.54) is 0 Å². The summed E-state index contributed by atoms with van der Waals surface area (Å²) < 4.78 is 6.08. The topological polar surface area (TPSA) is 25.5 Å². The second-order valence-corrected chi connectivity index (χ2v) is 5.32. The van der Waals surface area contributed by atoms with Crippen molar-refractivity contribution in [3.8, 4) is 11.1 Å². The van der Waals surface area contributed by atoms with Gasteiger partial charge < -0.3 is 4.42 Å². The molecule has 0 radical (unpaired) electrons. The van der Waals surface area contributed by atoms with Gasteiger partial charge in [0.2, 0.25) is 5.55 Å². The van der Waals surface area contributed by atoms with Crippen molar-refractivity contribution < 1.29 is 4.42 Å². The maximum absolute atomic E-state index is 6.08. The first-order chi connectivity index (χ1) is 11.4. The standard InChI is InChI=1S/C21H15NO/c1-3-9-16(10-4-1)19-15-17-11-7-8-14-20(17)23-21(19)22-18-12-5-2-6-13-18/h1-15H. The lowest BCUT2D eigenvalue weighted by Crippen LogP contribution is -2.05. The third-order valence-electron chi connectivity index (χ3n) is 3.73. The summed E-state index contributed by atoms with van der Waals surface area (Å²) in [5.74, 6) is 0. The van der Waals surface area contributed by atoms with E-state index in [1.54, 1.807) is 0 Å². The molecule has 0 aliphatic heterocycles. The van der Waals surface area contributed by atoms with Gasteiger partial charge in [0.25, 0.3) is 0 Å². The van der Waals surface area contributed by atoms with Crippen LogP contribution in [0.25, 0.3) is 22.1 Å². The minimum Gasteiger partial charge on any atom is -0.438 e. The van der Waals surface area contributed by atoms with Gasteiger partial charge in [-0.15, -0.1) is 0 Å². The SMILES string of the molecule is c1ccc(N=c2oc3ccccc3cc2-c2ccccc2)cc1. The molecule has 2 nitrogen and oxygen atoms in total. The molecule has 2 heteroatoms. The van der Waals surface area contributed by atoms with Crippen molar-refractivity contribution in [1.82, 2.24) is 0 Å². The van der Waals surface area contributed by atoms with Gasteiger partial charge in [-0.3, -0.25) is 0 Å². The first kappa shape index (κ1) is 13.5. The zero-order valence-electron chi connectivity index (χ0n) is 12.5. The summed E-state index contributed by atoms with van der Waals surface area (Å²) in [5, 5.41) is 1.07. The molecule has 0 saturated carbocycles. The monoisotopic (exact) mass is 297 g/mol. The lowest BCUT2D eigenvalue weighted by molar-refractivity contribution is 0.547. The largest absolute Gasteiger partial charge is 0.438 e. The lowest BCUT2D eigenvalue weighted by Gasteiger charge is -2.05. The van der Waals surface area contributed by atoms with Crippen LogP contribution in [0.5, 0.6) is 0 Å². The van der Waals surface area contributed by atoms with Gasteiger partial charge >= 0.3 is 0 Å². The number of rotatable bonds is 2. The van der Waals surface area contributed by atoms with Crippen LogP contribution in [0.4, 0.5) is 5.69 Å². The van der Waals surface area contributed by atoms with Gasteiger partial charge in [0.1, 0.15) is 5.58 Å². The molecule has 4 aromatic rings. The molecule has 0 bridgehead atoms. The van der Waals surface area contributed by atoms with Gasteiger partial charge in [0.15, 0.2) is 0 Å². The molecule has 0 aliphatic carbocycles. The van der Waals surface area contributed by atoms with E-state index in [9.17, 15) is 0 Å². The molecule has 0 spiro atoms. The van der Waals surface area contributed by atoms with Gasteiger partial charge in [-0.05, 0) is 29.8 Å². The summed E-state index contributed by atoms with van der Waals surface area (Å²) in [6.07, 6.45) is 0. The van der Waals surface area contributed by atoms with E-state index < -0.39 is 0 Å². The second kappa shape index (κ2) is 5.93. The lowest BCUT2D eigenvalue weighted by atomic mass is 10.1. The Kier molecular flexibility index (Phi) is 3.49. The normalized spacial score (nSPS) is 11.7. The molecule has 0 N–H and O–H groups in total. The van der Waals surface area contributed by atoms with Crippen LogP contribution in [0.2, 0.25) is 0 Å². The van der Waals surface area contributed by atoms with Crippen LogP contribution < -0.4 is 5.55 Å². The fourth-order valence-corrected chi connectivity index (χ4v) is 2.60. The van der Waals surface area contributed by atoms with Crippen molar-refractivity contribution in [2.24, 2.45) is 4.99 Å². The summed E-state index contributed by atoms with van der Waals surface area (Å²) in [6, 6.07) is 30.2. The van der Waals surface area contributed by atoms with Crippen molar-refractivity contribution in [1.29, 1.82) is 0 Å². The minimum atomic E-state index is 0.626. The van der Waals surface area contributed by atoms with Crippen molar-refractivity contribution in [2.45, 2.75) is 0 Å². The summed E-state index contributed by atoms with van der Waals surface area (Å²) in [7, 11) is 0.